The summed E-state index contributed by atoms with van der Waals surface area (Å²) in [4.78, 5) is 12.1. The van der Waals surface area contributed by atoms with E-state index >= 15 is 0 Å². The number of phenols is 1. The highest BCUT2D eigenvalue weighted by Gasteiger charge is 2.31. The van der Waals surface area contributed by atoms with Crippen molar-refractivity contribution < 1.29 is 23.1 Å². The van der Waals surface area contributed by atoms with E-state index in [2.05, 4.69) is 0 Å². The molecular formula is C14H10F3NO2. The monoisotopic (exact) mass is 281 g/mol. The maximum Gasteiger partial charge on any atom is 0.416 e. The van der Waals surface area contributed by atoms with Crippen LogP contribution in [0.15, 0.2) is 42.5 Å². The number of hydrogen-bond acceptors (Lipinski definition) is 3. The van der Waals surface area contributed by atoms with Crippen LogP contribution < -0.4 is 5.73 Å². The Morgan fingerprint density at radius 1 is 1.10 bits per heavy atom. The molecule has 0 aliphatic heterocycles. The number of nitrogens with two attached hydrogens (primary N) is 1. The van der Waals surface area contributed by atoms with Gasteiger partial charge < -0.3 is 10.8 Å². The van der Waals surface area contributed by atoms with Crippen LogP contribution in [0, 0.1) is 0 Å². The van der Waals surface area contributed by atoms with Crippen LogP contribution in [0.1, 0.15) is 21.5 Å². The molecule has 3 nitrogen and oxygen atoms in total. The summed E-state index contributed by atoms with van der Waals surface area (Å²) in [5.41, 5.74) is 4.85. The minimum atomic E-state index is -4.57. The van der Waals surface area contributed by atoms with Crippen molar-refractivity contribution in [3.8, 4) is 5.75 Å². The molecule has 0 aliphatic rings. The zero-order chi connectivity index (χ0) is 14.9. The van der Waals surface area contributed by atoms with Crippen LogP contribution in [0.2, 0.25) is 0 Å². The van der Waals surface area contributed by atoms with Crippen molar-refractivity contribution in [3.63, 3.8) is 0 Å². The molecule has 2 rings (SSSR count). The van der Waals surface area contributed by atoms with E-state index in [9.17, 15) is 23.1 Å². The minimum Gasteiger partial charge on any atom is -0.507 e. The van der Waals surface area contributed by atoms with E-state index in [1.165, 1.54) is 12.1 Å². The molecule has 0 heterocycles. The number of carbonyl (C=O) groups excluding carboxylic acids is 1. The number of ketones is 1. The lowest BCUT2D eigenvalue weighted by Crippen LogP contribution is -2.07. The molecule has 0 aliphatic carbocycles. The van der Waals surface area contributed by atoms with Gasteiger partial charge in [0.15, 0.2) is 5.78 Å². The molecule has 0 atom stereocenters. The fraction of sp³-hybridized carbons (Fsp3) is 0.0714. The highest BCUT2D eigenvalue weighted by atomic mass is 19.4. The molecule has 0 saturated carbocycles. The number of benzene rings is 2. The van der Waals surface area contributed by atoms with Gasteiger partial charge >= 0.3 is 6.18 Å². The summed E-state index contributed by atoms with van der Waals surface area (Å²) in [7, 11) is 0. The number of anilines is 1. The smallest absolute Gasteiger partial charge is 0.416 e. The number of halogens is 3. The van der Waals surface area contributed by atoms with Crippen LogP contribution in [0.5, 0.6) is 5.75 Å². The molecule has 0 fully saturated rings. The zero-order valence-corrected chi connectivity index (χ0v) is 10.1. The molecule has 2 aromatic rings. The standard InChI is InChI=1S/C14H10F3NO2/c15-14(16,17)9-4-5-11(12(19)7-9)13(20)8-2-1-3-10(18)6-8/h1-7,19H,18H2. The van der Waals surface area contributed by atoms with Gasteiger partial charge in [-0.3, -0.25) is 4.79 Å². The van der Waals surface area contributed by atoms with Crippen LogP contribution >= 0.6 is 0 Å². The summed E-state index contributed by atoms with van der Waals surface area (Å²) >= 11 is 0. The fourth-order valence-electron chi connectivity index (χ4n) is 1.74. The van der Waals surface area contributed by atoms with Crippen LogP contribution in [0.3, 0.4) is 0 Å². The van der Waals surface area contributed by atoms with Gasteiger partial charge in [0, 0.05) is 11.3 Å². The number of alkyl halides is 3. The van der Waals surface area contributed by atoms with Gasteiger partial charge in [0.1, 0.15) is 5.75 Å². The number of nitrogen functional groups attached to an aromatic ring is 1. The summed E-state index contributed by atoms with van der Waals surface area (Å²) < 4.78 is 37.4. The second kappa shape index (κ2) is 4.88. The van der Waals surface area contributed by atoms with Crippen molar-refractivity contribution >= 4 is 11.5 Å². The summed E-state index contributed by atoms with van der Waals surface area (Å²) in [6.07, 6.45) is -4.57. The highest BCUT2D eigenvalue weighted by Crippen LogP contribution is 2.33. The minimum absolute atomic E-state index is 0.194. The van der Waals surface area contributed by atoms with E-state index in [1.807, 2.05) is 0 Å². The first kappa shape index (κ1) is 13.9. The maximum absolute atomic E-state index is 12.5. The first-order chi connectivity index (χ1) is 9.29. The van der Waals surface area contributed by atoms with E-state index < -0.39 is 23.3 Å². The van der Waals surface area contributed by atoms with Gasteiger partial charge in [0.05, 0.1) is 11.1 Å². The molecule has 0 aromatic heterocycles. The van der Waals surface area contributed by atoms with E-state index in [0.717, 1.165) is 12.1 Å². The highest BCUT2D eigenvalue weighted by molar-refractivity contribution is 6.11. The zero-order valence-electron chi connectivity index (χ0n) is 10.1. The first-order valence-corrected chi connectivity index (χ1v) is 5.59. The van der Waals surface area contributed by atoms with E-state index in [0.29, 0.717) is 11.8 Å². The van der Waals surface area contributed by atoms with E-state index in [-0.39, 0.29) is 11.1 Å². The lowest BCUT2D eigenvalue weighted by atomic mass is 10.0. The Kier molecular flexibility index (Phi) is 3.40. The van der Waals surface area contributed by atoms with Gasteiger partial charge in [0.25, 0.3) is 0 Å². The fourth-order valence-corrected chi connectivity index (χ4v) is 1.74. The van der Waals surface area contributed by atoms with Crippen molar-refractivity contribution in [2.45, 2.75) is 6.18 Å². The molecule has 104 valence electrons. The topological polar surface area (TPSA) is 63.3 Å². The third-order valence-corrected chi connectivity index (χ3v) is 2.72. The van der Waals surface area contributed by atoms with E-state index in [1.54, 1.807) is 12.1 Å². The van der Waals surface area contributed by atoms with Gasteiger partial charge in [-0.25, -0.2) is 0 Å². The molecule has 0 amide bonds. The van der Waals surface area contributed by atoms with Gasteiger partial charge in [0.2, 0.25) is 0 Å². The largest absolute Gasteiger partial charge is 0.507 e. The number of aromatic hydroxyl groups is 1. The lowest BCUT2D eigenvalue weighted by Gasteiger charge is -2.09. The average molecular weight is 281 g/mol. The summed E-state index contributed by atoms with van der Waals surface area (Å²) in [6.45, 7) is 0. The number of phenolic OH excluding ortho intramolecular Hbond substituents is 1. The lowest BCUT2D eigenvalue weighted by molar-refractivity contribution is -0.137. The van der Waals surface area contributed by atoms with Crippen molar-refractivity contribution in [3.05, 3.63) is 59.2 Å². The van der Waals surface area contributed by atoms with Gasteiger partial charge in [-0.2, -0.15) is 13.2 Å². The second-order valence-corrected chi connectivity index (χ2v) is 4.18. The summed E-state index contributed by atoms with van der Waals surface area (Å²) in [6, 6.07) is 8.20. The van der Waals surface area contributed by atoms with Gasteiger partial charge in [-0.05, 0) is 30.3 Å². The molecule has 0 bridgehead atoms. The van der Waals surface area contributed by atoms with Crippen molar-refractivity contribution in [1.29, 1.82) is 0 Å². The quantitative estimate of drug-likeness (QED) is 0.656. The van der Waals surface area contributed by atoms with Gasteiger partial charge in [-0.1, -0.05) is 12.1 Å². The van der Waals surface area contributed by atoms with Crippen LogP contribution in [0.25, 0.3) is 0 Å². The molecule has 0 unspecified atom stereocenters. The van der Waals surface area contributed by atoms with Crippen LogP contribution in [-0.2, 0) is 6.18 Å². The Hall–Kier alpha value is -2.50. The van der Waals surface area contributed by atoms with Gasteiger partial charge in [-0.15, -0.1) is 0 Å². The average Bonchev–Trinajstić information content (AvgIpc) is 2.36. The normalized spacial score (nSPS) is 11.3. The molecule has 6 heteroatoms. The van der Waals surface area contributed by atoms with Crippen molar-refractivity contribution in [2.24, 2.45) is 0 Å². The summed E-state index contributed by atoms with van der Waals surface area (Å²) in [5.74, 6) is -1.31. The predicted octanol–water partition coefficient (Wildman–Crippen LogP) is 3.22. The molecule has 0 radical (unpaired) electrons. The van der Waals surface area contributed by atoms with Crippen LogP contribution in [-0.4, -0.2) is 10.9 Å². The predicted molar refractivity (Wildman–Crippen MR) is 67.4 cm³/mol. The molecule has 0 saturated heterocycles. The first-order valence-electron chi connectivity index (χ1n) is 5.59. The molecule has 0 spiro atoms. The second-order valence-electron chi connectivity index (χ2n) is 4.18. The SMILES string of the molecule is Nc1cccc(C(=O)c2ccc(C(F)(F)F)cc2O)c1. The van der Waals surface area contributed by atoms with Crippen molar-refractivity contribution in [1.82, 2.24) is 0 Å². The molecule has 2 aromatic carbocycles. The Labute approximate surface area is 112 Å². The number of carbonyl (C=O) groups is 1. The third-order valence-electron chi connectivity index (χ3n) is 2.72. The molecule has 20 heavy (non-hydrogen) atoms. The van der Waals surface area contributed by atoms with Crippen LogP contribution in [0.4, 0.5) is 18.9 Å². The van der Waals surface area contributed by atoms with Crippen molar-refractivity contribution in [2.75, 3.05) is 5.73 Å². The van der Waals surface area contributed by atoms with E-state index in [4.69, 9.17) is 5.73 Å². The summed E-state index contributed by atoms with van der Waals surface area (Å²) in [5, 5.41) is 9.60. The third kappa shape index (κ3) is 2.74. The Morgan fingerprint density at radius 2 is 1.80 bits per heavy atom. The number of rotatable bonds is 2. The Bertz CT molecular complexity index is 666. The Balaban J connectivity index is 2.41. The molecule has 3 N–H and O–H groups in total. The number of hydrogen-bond donors (Lipinski definition) is 2. The Morgan fingerprint density at radius 3 is 2.35 bits per heavy atom. The molecular weight excluding hydrogens is 271 g/mol. The maximum atomic E-state index is 12.5.